The van der Waals surface area contributed by atoms with Crippen molar-refractivity contribution >= 4 is 5.91 Å². The second-order valence-electron chi connectivity index (χ2n) is 5.12. The Bertz CT molecular complexity index is 424. The molecule has 0 spiro atoms. The third kappa shape index (κ3) is 3.97. The molecule has 0 radical (unpaired) electrons. The average Bonchev–Trinajstić information content (AvgIpc) is 2.49. The summed E-state index contributed by atoms with van der Waals surface area (Å²) in [4.78, 5) is 12.2. The van der Waals surface area contributed by atoms with E-state index in [2.05, 4.69) is 5.32 Å². The molecule has 0 aliphatic carbocycles. The van der Waals surface area contributed by atoms with Gasteiger partial charge in [-0.3, -0.25) is 4.79 Å². The van der Waals surface area contributed by atoms with Crippen LogP contribution in [-0.4, -0.2) is 25.7 Å². The van der Waals surface area contributed by atoms with Crippen LogP contribution >= 0.6 is 0 Å². The SMILES string of the molecule is CCOc1ccc([C@@H](C)NC(=O)C2CCOCC2)cc1. The summed E-state index contributed by atoms with van der Waals surface area (Å²) in [6.07, 6.45) is 1.64. The minimum atomic E-state index is 0.0148. The van der Waals surface area contributed by atoms with E-state index in [1.54, 1.807) is 0 Å². The number of hydrogen-bond acceptors (Lipinski definition) is 3. The van der Waals surface area contributed by atoms with Crippen LogP contribution in [0.5, 0.6) is 5.75 Å². The molecule has 4 nitrogen and oxygen atoms in total. The van der Waals surface area contributed by atoms with E-state index < -0.39 is 0 Å². The fourth-order valence-corrected chi connectivity index (χ4v) is 2.39. The molecule has 1 heterocycles. The van der Waals surface area contributed by atoms with Crippen molar-refractivity contribution in [3.63, 3.8) is 0 Å². The van der Waals surface area contributed by atoms with Gasteiger partial charge in [0.05, 0.1) is 12.6 Å². The van der Waals surface area contributed by atoms with Gasteiger partial charge in [-0.1, -0.05) is 12.1 Å². The molecule has 4 heteroatoms. The smallest absolute Gasteiger partial charge is 0.223 e. The molecule has 1 aromatic rings. The van der Waals surface area contributed by atoms with E-state index >= 15 is 0 Å². The highest BCUT2D eigenvalue weighted by molar-refractivity contribution is 5.79. The molecular formula is C16H23NO3. The zero-order valence-corrected chi connectivity index (χ0v) is 12.2. The standard InChI is InChI=1S/C16H23NO3/c1-3-20-15-6-4-13(5-7-15)12(2)17-16(18)14-8-10-19-11-9-14/h4-7,12,14H,3,8-11H2,1-2H3,(H,17,18)/t12-/m1/s1. The van der Waals surface area contributed by atoms with E-state index in [1.165, 1.54) is 0 Å². The van der Waals surface area contributed by atoms with Crippen molar-refractivity contribution in [1.29, 1.82) is 0 Å². The highest BCUT2D eigenvalue weighted by Crippen LogP contribution is 2.20. The third-order valence-electron chi connectivity index (χ3n) is 3.64. The van der Waals surface area contributed by atoms with Crippen molar-refractivity contribution < 1.29 is 14.3 Å². The molecule has 0 bridgehead atoms. The van der Waals surface area contributed by atoms with Gasteiger partial charge in [0.1, 0.15) is 5.75 Å². The van der Waals surface area contributed by atoms with Crippen molar-refractivity contribution in [2.45, 2.75) is 32.7 Å². The number of carbonyl (C=O) groups is 1. The van der Waals surface area contributed by atoms with E-state index in [4.69, 9.17) is 9.47 Å². The second kappa shape index (κ2) is 7.29. The van der Waals surface area contributed by atoms with Gasteiger partial charge >= 0.3 is 0 Å². The fourth-order valence-electron chi connectivity index (χ4n) is 2.39. The number of carbonyl (C=O) groups excluding carboxylic acids is 1. The number of hydrogen-bond donors (Lipinski definition) is 1. The van der Waals surface area contributed by atoms with Crippen LogP contribution in [-0.2, 0) is 9.53 Å². The molecule has 1 fully saturated rings. The maximum atomic E-state index is 12.2. The zero-order chi connectivity index (χ0) is 14.4. The van der Waals surface area contributed by atoms with Crippen molar-refractivity contribution in [3.8, 4) is 5.75 Å². The zero-order valence-electron chi connectivity index (χ0n) is 12.2. The Labute approximate surface area is 120 Å². The molecule has 1 aromatic carbocycles. The van der Waals surface area contributed by atoms with Crippen LogP contribution in [0.2, 0.25) is 0 Å². The van der Waals surface area contributed by atoms with Crippen molar-refractivity contribution in [1.82, 2.24) is 5.32 Å². The Morgan fingerprint density at radius 1 is 1.35 bits per heavy atom. The molecule has 0 saturated carbocycles. The first-order valence-electron chi connectivity index (χ1n) is 7.31. The predicted molar refractivity (Wildman–Crippen MR) is 77.7 cm³/mol. The number of rotatable bonds is 5. The summed E-state index contributed by atoms with van der Waals surface area (Å²) in [5.74, 6) is 1.09. The van der Waals surface area contributed by atoms with Crippen molar-refractivity contribution in [3.05, 3.63) is 29.8 Å². The number of ether oxygens (including phenoxy) is 2. The second-order valence-corrected chi connectivity index (χ2v) is 5.12. The predicted octanol–water partition coefficient (Wildman–Crippen LogP) is 2.69. The van der Waals surface area contributed by atoms with E-state index in [0.29, 0.717) is 19.8 Å². The van der Waals surface area contributed by atoms with Crippen LogP contribution in [0.15, 0.2) is 24.3 Å². The quantitative estimate of drug-likeness (QED) is 0.900. The highest BCUT2D eigenvalue weighted by atomic mass is 16.5. The highest BCUT2D eigenvalue weighted by Gasteiger charge is 2.22. The largest absolute Gasteiger partial charge is 0.494 e. The fraction of sp³-hybridized carbons (Fsp3) is 0.562. The molecule has 1 aliphatic heterocycles. The molecular weight excluding hydrogens is 254 g/mol. The summed E-state index contributed by atoms with van der Waals surface area (Å²) >= 11 is 0. The maximum absolute atomic E-state index is 12.2. The van der Waals surface area contributed by atoms with Gasteiger partial charge in [-0.2, -0.15) is 0 Å². The van der Waals surface area contributed by atoms with Crippen LogP contribution < -0.4 is 10.1 Å². The lowest BCUT2D eigenvalue weighted by Gasteiger charge is -2.23. The minimum Gasteiger partial charge on any atom is -0.494 e. The van der Waals surface area contributed by atoms with Gasteiger partial charge in [-0.15, -0.1) is 0 Å². The van der Waals surface area contributed by atoms with Gasteiger partial charge in [-0.25, -0.2) is 0 Å². The summed E-state index contributed by atoms with van der Waals surface area (Å²) in [5.41, 5.74) is 1.09. The van der Waals surface area contributed by atoms with Crippen LogP contribution in [0.1, 0.15) is 38.3 Å². The Balaban J connectivity index is 1.89. The van der Waals surface area contributed by atoms with Gasteiger partial charge < -0.3 is 14.8 Å². The molecule has 0 unspecified atom stereocenters. The van der Waals surface area contributed by atoms with Crippen LogP contribution in [0.4, 0.5) is 0 Å². The van der Waals surface area contributed by atoms with E-state index in [1.807, 2.05) is 38.1 Å². The van der Waals surface area contributed by atoms with Crippen LogP contribution in [0.3, 0.4) is 0 Å². The van der Waals surface area contributed by atoms with E-state index in [9.17, 15) is 4.79 Å². The maximum Gasteiger partial charge on any atom is 0.223 e. The summed E-state index contributed by atoms with van der Waals surface area (Å²) in [5, 5.41) is 3.08. The molecule has 1 amide bonds. The van der Waals surface area contributed by atoms with Crippen LogP contribution in [0.25, 0.3) is 0 Å². The Hall–Kier alpha value is -1.55. The number of amides is 1. The number of benzene rings is 1. The lowest BCUT2D eigenvalue weighted by Crippen LogP contribution is -2.35. The van der Waals surface area contributed by atoms with Gasteiger partial charge in [-0.05, 0) is 44.4 Å². The lowest BCUT2D eigenvalue weighted by molar-refractivity contribution is -0.128. The van der Waals surface area contributed by atoms with E-state index in [0.717, 1.165) is 24.2 Å². The average molecular weight is 277 g/mol. The summed E-state index contributed by atoms with van der Waals surface area (Å²) in [7, 11) is 0. The topological polar surface area (TPSA) is 47.6 Å². The summed E-state index contributed by atoms with van der Waals surface area (Å²) in [6, 6.07) is 7.90. The summed E-state index contributed by atoms with van der Waals surface area (Å²) < 4.78 is 10.7. The molecule has 2 rings (SSSR count). The lowest BCUT2D eigenvalue weighted by atomic mass is 9.98. The van der Waals surface area contributed by atoms with Gasteiger partial charge in [0.2, 0.25) is 5.91 Å². The molecule has 1 N–H and O–H groups in total. The first-order chi connectivity index (χ1) is 9.70. The Morgan fingerprint density at radius 3 is 2.60 bits per heavy atom. The molecule has 1 aliphatic rings. The van der Waals surface area contributed by atoms with Gasteiger partial charge in [0.25, 0.3) is 0 Å². The van der Waals surface area contributed by atoms with Crippen molar-refractivity contribution in [2.24, 2.45) is 5.92 Å². The van der Waals surface area contributed by atoms with Crippen molar-refractivity contribution in [2.75, 3.05) is 19.8 Å². The monoisotopic (exact) mass is 277 g/mol. The van der Waals surface area contributed by atoms with E-state index in [-0.39, 0.29) is 17.9 Å². The third-order valence-corrected chi connectivity index (χ3v) is 3.64. The summed E-state index contributed by atoms with van der Waals surface area (Å²) in [6.45, 7) is 6.01. The first-order valence-corrected chi connectivity index (χ1v) is 7.31. The molecule has 110 valence electrons. The van der Waals surface area contributed by atoms with Gasteiger partial charge in [0.15, 0.2) is 0 Å². The normalized spacial score (nSPS) is 17.5. The molecule has 0 aromatic heterocycles. The number of nitrogens with one attached hydrogen (secondary N) is 1. The minimum absolute atomic E-state index is 0.0148. The molecule has 1 saturated heterocycles. The van der Waals surface area contributed by atoms with Crippen LogP contribution in [0, 0.1) is 5.92 Å². The Morgan fingerprint density at radius 2 is 2.00 bits per heavy atom. The molecule has 20 heavy (non-hydrogen) atoms. The first kappa shape index (κ1) is 14.9. The Kier molecular flexibility index (Phi) is 5.41. The molecule has 1 atom stereocenters. The van der Waals surface area contributed by atoms with Gasteiger partial charge in [0, 0.05) is 19.1 Å².